The first-order chi connectivity index (χ1) is 15.8. The number of carbonyl (C=O) groups is 4. The molecule has 2 aliphatic carbocycles. The highest BCUT2D eigenvalue weighted by atomic mass is 16.1. The zero-order valence-electron chi connectivity index (χ0n) is 18.7. The van der Waals surface area contributed by atoms with E-state index in [0.29, 0.717) is 44.5 Å². The Balaban J connectivity index is 1.94. The summed E-state index contributed by atoms with van der Waals surface area (Å²) in [5.41, 5.74) is 3.22. The maximum atomic E-state index is 13.5. The topological polar surface area (TPSA) is 68.3 Å². The molecule has 4 nitrogen and oxygen atoms in total. The van der Waals surface area contributed by atoms with Gasteiger partial charge in [0.1, 0.15) is 0 Å². The highest BCUT2D eigenvalue weighted by Gasteiger charge is 2.36. The van der Waals surface area contributed by atoms with Crippen LogP contribution in [0.25, 0.3) is 0 Å². The first-order valence-electron chi connectivity index (χ1n) is 10.6. The molecule has 0 unspecified atom stereocenters. The summed E-state index contributed by atoms with van der Waals surface area (Å²) in [5.74, 6) is -1.07. The lowest BCUT2D eigenvalue weighted by Crippen LogP contribution is -2.26. The van der Waals surface area contributed by atoms with Crippen LogP contribution in [0, 0.1) is 0 Å². The molecule has 4 rings (SSSR count). The quantitative estimate of drug-likeness (QED) is 0.567. The van der Waals surface area contributed by atoms with Gasteiger partial charge in [0, 0.05) is 44.5 Å². The van der Waals surface area contributed by atoms with Gasteiger partial charge >= 0.3 is 0 Å². The third kappa shape index (κ3) is 3.31. The van der Waals surface area contributed by atoms with Gasteiger partial charge in [0.2, 0.25) is 0 Å². The van der Waals surface area contributed by atoms with E-state index in [-0.39, 0.29) is 34.3 Å². The average Bonchev–Trinajstić information content (AvgIpc) is 2.83. The molecular weight excluding hydrogens is 412 g/mol. The third-order valence-electron chi connectivity index (χ3n) is 6.12. The number of ketones is 4. The summed E-state index contributed by atoms with van der Waals surface area (Å²) in [4.78, 5) is 53.2. The van der Waals surface area contributed by atoms with Gasteiger partial charge in [-0.3, -0.25) is 19.2 Å². The summed E-state index contributed by atoms with van der Waals surface area (Å²) >= 11 is 0. The number of hydrogen-bond acceptors (Lipinski definition) is 4. The largest absolute Gasteiger partial charge is 0.289 e. The van der Waals surface area contributed by atoms with E-state index >= 15 is 0 Å². The Morgan fingerprint density at radius 2 is 1.00 bits per heavy atom. The van der Waals surface area contributed by atoms with E-state index in [1.54, 1.807) is 81.5 Å². The van der Waals surface area contributed by atoms with Gasteiger partial charge in [0.25, 0.3) is 0 Å². The Hall–Kier alpha value is -4.18. The SMILES string of the molecule is C=C/C=C(C1=C(C)C(=O)c2ccccc2C1=O)/C(=C/C)C1=C(C)C(=O)c2ccccc2C1=O. The predicted octanol–water partition coefficient (Wildman–Crippen LogP) is 5.84. The van der Waals surface area contributed by atoms with Crippen LogP contribution in [0.1, 0.15) is 62.2 Å². The lowest BCUT2D eigenvalue weighted by atomic mass is 9.74. The van der Waals surface area contributed by atoms with Crippen molar-refractivity contribution in [2.24, 2.45) is 0 Å². The highest BCUT2D eigenvalue weighted by Crippen LogP contribution is 2.39. The molecule has 0 aromatic heterocycles. The van der Waals surface area contributed by atoms with Crippen LogP contribution in [0.5, 0.6) is 0 Å². The van der Waals surface area contributed by atoms with Gasteiger partial charge < -0.3 is 0 Å². The molecule has 0 saturated heterocycles. The Morgan fingerprint density at radius 1 is 0.636 bits per heavy atom. The van der Waals surface area contributed by atoms with Gasteiger partial charge in [0.05, 0.1) is 0 Å². The Labute approximate surface area is 192 Å². The second-order valence-electron chi connectivity index (χ2n) is 7.93. The van der Waals surface area contributed by atoms with Gasteiger partial charge in [-0.05, 0) is 31.9 Å². The summed E-state index contributed by atoms with van der Waals surface area (Å²) in [6.45, 7) is 8.74. The summed E-state index contributed by atoms with van der Waals surface area (Å²) in [5, 5.41) is 0. The molecule has 33 heavy (non-hydrogen) atoms. The highest BCUT2D eigenvalue weighted by molar-refractivity contribution is 6.31. The molecular formula is C29H22O4. The van der Waals surface area contributed by atoms with E-state index in [0.717, 1.165) is 0 Å². The standard InChI is InChI=1S/C29H22O4/c1-5-11-19(25-17(4)27(31)21-13-8-10-15-23(21)29(25)33)18(6-2)24-16(3)26(30)20-12-7-9-14-22(20)28(24)32/h5-15H,1H2,2-4H3/b18-6-,19-11-. The maximum Gasteiger partial charge on any atom is 0.194 e. The van der Waals surface area contributed by atoms with Crippen LogP contribution in [0.2, 0.25) is 0 Å². The van der Waals surface area contributed by atoms with Crippen LogP contribution in [-0.2, 0) is 0 Å². The molecule has 0 radical (unpaired) electrons. The minimum Gasteiger partial charge on any atom is -0.289 e. The Kier molecular flexibility index (Phi) is 5.60. The molecule has 0 heterocycles. The smallest absolute Gasteiger partial charge is 0.194 e. The van der Waals surface area contributed by atoms with Crippen molar-refractivity contribution < 1.29 is 19.2 Å². The molecule has 2 aromatic carbocycles. The number of fused-ring (bicyclic) bond motifs is 2. The monoisotopic (exact) mass is 434 g/mol. The molecule has 4 heteroatoms. The first-order valence-corrected chi connectivity index (χ1v) is 10.6. The minimum absolute atomic E-state index is 0.214. The fourth-order valence-electron chi connectivity index (χ4n) is 4.51. The van der Waals surface area contributed by atoms with Crippen LogP contribution in [0.3, 0.4) is 0 Å². The second-order valence-corrected chi connectivity index (χ2v) is 7.93. The number of allylic oxidation sites excluding steroid dienone is 9. The van der Waals surface area contributed by atoms with Crippen LogP contribution in [-0.4, -0.2) is 23.1 Å². The summed E-state index contributed by atoms with van der Waals surface area (Å²) in [7, 11) is 0. The van der Waals surface area contributed by atoms with E-state index in [4.69, 9.17) is 0 Å². The molecule has 162 valence electrons. The lowest BCUT2D eigenvalue weighted by molar-refractivity contribution is 0.0974. The number of Topliss-reactive ketones (excluding diaryl/α,β-unsaturated/α-hetero) is 4. The molecule has 0 fully saturated rings. The molecule has 0 amide bonds. The number of hydrogen-bond donors (Lipinski definition) is 0. The number of benzene rings is 2. The second kappa shape index (κ2) is 8.40. The van der Waals surface area contributed by atoms with Crippen molar-refractivity contribution in [3.05, 3.63) is 129 Å². The zero-order chi connectivity index (χ0) is 23.9. The van der Waals surface area contributed by atoms with Crippen molar-refractivity contribution in [3.63, 3.8) is 0 Å². The number of rotatable bonds is 4. The van der Waals surface area contributed by atoms with E-state index in [1.807, 2.05) is 0 Å². The fraction of sp³-hybridized carbons (Fsp3) is 0.103. The van der Waals surface area contributed by atoms with Crippen LogP contribution in [0.4, 0.5) is 0 Å². The molecule has 0 atom stereocenters. The van der Waals surface area contributed by atoms with Crippen LogP contribution < -0.4 is 0 Å². The predicted molar refractivity (Wildman–Crippen MR) is 128 cm³/mol. The maximum absolute atomic E-state index is 13.5. The van der Waals surface area contributed by atoms with Crippen molar-refractivity contribution in [3.8, 4) is 0 Å². The van der Waals surface area contributed by atoms with Gasteiger partial charge in [-0.2, -0.15) is 0 Å². The van der Waals surface area contributed by atoms with Gasteiger partial charge in [0.15, 0.2) is 23.1 Å². The van der Waals surface area contributed by atoms with Gasteiger partial charge in [-0.1, -0.05) is 73.3 Å². The molecule has 0 bridgehead atoms. The van der Waals surface area contributed by atoms with E-state index in [2.05, 4.69) is 6.58 Å². The third-order valence-corrected chi connectivity index (χ3v) is 6.12. The van der Waals surface area contributed by atoms with E-state index in [9.17, 15) is 19.2 Å². The molecule has 0 aliphatic heterocycles. The van der Waals surface area contributed by atoms with Crippen molar-refractivity contribution in [1.82, 2.24) is 0 Å². The zero-order valence-corrected chi connectivity index (χ0v) is 18.7. The van der Waals surface area contributed by atoms with E-state index in [1.165, 1.54) is 6.08 Å². The van der Waals surface area contributed by atoms with Gasteiger partial charge in [-0.15, -0.1) is 0 Å². The molecule has 0 spiro atoms. The lowest BCUT2D eigenvalue weighted by Gasteiger charge is -2.26. The minimum atomic E-state index is -0.302. The van der Waals surface area contributed by atoms with Crippen molar-refractivity contribution in [1.29, 1.82) is 0 Å². The Bertz CT molecular complexity index is 1410. The molecule has 0 saturated carbocycles. The molecule has 2 aromatic rings. The van der Waals surface area contributed by atoms with Crippen molar-refractivity contribution in [2.45, 2.75) is 20.8 Å². The molecule has 2 aliphatic rings. The van der Waals surface area contributed by atoms with Crippen molar-refractivity contribution in [2.75, 3.05) is 0 Å². The van der Waals surface area contributed by atoms with Crippen molar-refractivity contribution >= 4 is 23.1 Å². The molecule has 0 N–H and O–H groups in total. The average molecular weight is 434 g/mol. The normalized spacial score (nSPS) is 16.8. The van der Waals surface area contributed by atoms with Crippen LogP contribution >= 0.6 is 0 Å². The van der Waals surface area contributed by atoms with Crippen LogP contribution in [0.15, 0.2) is 107 Å². The van der Waals surface area contributed by atoms with Gasteiger partial charge in [-0.25, -0.2) is 0 Å². The summed E-state index contributed by atoms with van der Waals surface area (Å²) < 4.78 is 0. The summed E-state index contributed by atoms with van der Waals surface area (Å²) in [6.07, 6.45) is 4.83. The Morgan fingerprint density at radius 3 is 1.36 bits per heavy atom. The van der Waals surface area contributed by atoms with E-state index < -0.39 is 0 Å². The fourth-order valence-corrected chi connectivity index (χ4v) is 4.51. The summed E-state index contributed by atoms with van der Waals surface area (Å²) in [6, 6.07) is 13.4. The number of carbonyl (C=O) groups excluding carboxylic acids is 4. The first kappa shape index (κ1) is 22.0.